The number of hydrogen-bond acceptors (Lipinski definition) is 3. The molecule has 0 atom stereocenters. The summed E-state index contributed by atoms with van der Waals surface area (Å²) >= 11 is 0. The first-order valence-corrected chi connectivity index (χ1v) is 6.50. The number of nitrogens with zero attached hydrogens (tertiary/aromatic N) is 2. The van der Waals surface area contributed by atoms with E-state index in [2.05, 4.69) is 4.98 Å². The summed E-state index contributed by atoms with van der Waals surface area (Å²) in [5.74, 6) is -0.0424. The molecule has 0 unspecified atom stereocenters. The maximum absolute atomic E-state index is 12.7. The Labute approximate surface area is 128 Å². The fraction of sp³-hybridized carbons (Fsp3) is 0.125. The Bertz CT molecular complexity index is 796. The number of carbonyl (C=O) groups excluding carboxylic acids is 1. The van der Waals surface area contributed by atoms with E-state index in [1.54, 1.807) is 22.6 Å². The van der Waals surface area contributed by atoms with Crippen molar-refractivity contribution in [3.63, 3.8) is 0 Å². The van der Waals surface area contributed by atoms with Gasteiger partial charge in [-0.25, -0.2) is 4.98 Å². The molecule has 1 N–H and O–H groups in total. The number of phenolic OH excluding ortho intramolecular Hbond substituents is 1. The molecular weight excluding hydrogens is 288 g/mol. The first kappa shape index (κ1) is 15.1. The highest BCUT2D eigenvalue weighted by atomic mass is 35.5. The number of phenols is 1. The van der Waals surface area contributed by atoms with Crippen molar-refractivity contribution in [3.8, 4) is 5.75 Å². The van der Waals surface area contributed by atoms with Crippen LogP contribution in [0.2, 0.25) is 0 Å². The number of carbonyl (C=O) groups is 1. The van der Waals surface area contributed by atoms with E-state index in [9.17, 15) is 9.90 Å². The maximum Gasteiger partial charge on any atom is 0.211 e. The molecule has 2 aromatic heterocycles. The number of aromatic hydroxyl groups is 1. The molecule has 3 rings (SSSR count). The summed E-state index contributed by atoms with van der Waals surface area (Å²) in [5.41, 5.74) is 2.55. The molecule has 0 fully saturated rings. The van der Waals surface area contributed by atoms with Crippen molar-refractivity contribution in [1.29, 1.82) is 0 Å². The monoisotopic (exact) mass is 302 g/mol. The molecule has 0 aliphatic rings. The van der Waals surface area contributed by atoms with E-state index < -0.39 is 0 Å². The van der Waals surface area contributed by atoms with Crippen LogP contribution in [0.1, 0.15) is 28.7 Å². The highest BCUT2D eigenvalue weighted by molar-refractivity contribution is 6.09. The maximum atomic E-state index is 12.7. The number of pyridine rings is 1. The van der Waals surface area contributed by atoms with Crippen LogP contribution in [0.15, 0.2) is 48.7 Å². The van der Waals surface area contributed by atoms with Crippen LogP contribution < -0.4 is 0 Å². The van der Waals surface area contributed by atoms with Gasteiger partial charge in [0.1, 0.15) is 17.1 Å². The number of ketones is 1. The number of fused-ring (bicyclic) bond motifs is 1. The van der Waals surface area contributed by atoms with Crippen LogP contribution >= 0.6 is 12.4 Å². The van der Waals surface area contributed by atoms with Crippen molar-refractivity contribution in [2.75, 3.05) is 0 Å². The minimum Gasteiger partial charge on any atom is -0.508 e. The van der Waals surface area contributed by atoms with Crippen LogP contribution in [0.4, 0.5) is 0 Å². The molecule has 0 amide bonds. The van der Waals surface area contributed by atoms with Gasteiger partial charge in [-0.3, -0.25) is 9.20 Å². The van der Waals surface area contributed by atoms with Gasteiger partial charge in [-0.05, 0) is 30.7 Å². The molecule has 0 radical (unpaired) electrons. The van der Waals surface area contributed by atoms with Crippen molar-refractivity contribution in [2.24, 2.45) is 0 Å². The first-order valence-electron chi connectivity index (χ1n) is 6.50. The normalized spacial score (nSPS) is 10.3. The quantitative estimate of drug-likeness (QED) is 0.756. The van der Waals surface area contributed by atoms with Crippen LogP contribution in [0, 0.1) is 0 Å². The van der Waals surface area contributed by atoms with Gasteiger partial charge in [0.15, 0.2) is 0 Å². The predicted octanol–water partition coefficient (Wildman–Crippen LogP) is 3.26. The first-order chi connectivity index (χ1) is 9.70. The standard InChI is InChI=1S/C16H14N2O2.ClH/c1-2-13-15(18-9-4-3-8-14(18)17-13)16(20)11-6-5-7-12(19)10-11;/h3-10,19H,2H2,1H3;1H. The predicted molar refractivity (Wildman–Crippen MR) is 83.4 cm³/mol. The number of imidazole rings is 1. The summed E-state index contributed by atoms with van der Waals surface area (Å²) in [7, 11) is 0. The van der Waals surface area contributed by atoms with E-state index in [4.69, 9.17) is 0 Å². The molecule has 3 aromatic rings. The van der Waals surface area contributed by atoms with Crippen molar-refractivity contribution >= 4 is 23.8 Å². The Kier molecular flexibility index (Phi) is 4.29. The van der Waals surface area contributed by atoms with Gasteiger partial charge >= 0.3 is 0 Å². The summed E-state index contributed by atoms with van der Waals surface area (Å²) in [6, 6.07) is 12.0. The molecule has 0 bridgehead atoms. The number of hydrogen-bond donors (Lipinski definition) is 1. The minimum absolute atomic E-state index is 0. The smallest absolute Gasteiger partial charge is 0.211 e. The molecule has 2 heterocycles. The molecule has 1 aromatic carbocycles. The van der Waals surface area contributed by atoms with Crippen LogP contribution in [0.5, 0.6) is 5.75 Å². The van der Waals surface area contributed by atoms with Crippen LogP contribution in [-0.2, 0) is 6.42 Å². The lowest BCUT2D eigenvalue weighted by Gasteiger charge is -2.04. The SMILES string of the molecule is CCc1nc2ccccn2c1C(=O)c1cccc(O)c1.Cl. The second-order valence-corrected chi connectivity index (χ2v) is 4.57. The van der Waals surface area contributed by atoms with Gasteiger partial charge in [-0.15, -0.1) is 12.4 Å². The van der Waals surface area contributed by atoms with E-state index in [1.165, 1.54) is 6.07 Å². The Hall–Kier alpha value is -2.33. The van der Waals surface area contributed by atoms with Crippen molar-refractivity contribution in [2.45, 2.75) is 13.3 Å². The summed E-state index contributed by atoms with van der Waals surface area (Å²) in [6.07, 6.45) is 2.51. The zero-order valence-corrected chi connectivity index (χ0v) is 12.3. The third-order valence-corrected chi connectivity index (χ3v) is 3.26. The molecule has 21 heavy (non-hydrogen) atoms. The number of aryl methyl sites for hydroxylation is 1. The molecule has 0 spiro atoms. The van der Waals surface area contributed by atoms with E-state index in [1.807, 2.05) is 31.3 Å². The zero-order chi connectivity index (χ0) is 14.1. The molecule has 0 saturated heterocycles. The van der Waals surface area contributed by atoms with Crippen molar-refractivity contribution < 1.29 is 9.90 Å². The second-order valence-electron chi connectivity index (χ2n) is 4.57. The lowest BCUT2D eigenvalue weighted by Crippen LogP contribution is -2.07. The Morgan fingerprint density at radius 3 is 2.76 bits per heavy atom. The summed E-state index contributed by atoms with van der Waals surface area (Å²) in [4.78, 5) is 17.2. The summed E-state index contributed by atoms with van der Waals surface area (Å²) < 4.78 is 1.80. The van der Waals surface area contributed by atoms with E-state index in [0.717, 1.165) is 11.3 Å². The fourth-order valence-corrected chi connectivity index (χ4v) is 2.32. The largest absolute Gasteiger partial charge is 0.508 e. The minimum atomic E-state index is -0.128. The molecule has 4 nitrogen and oxygen atoms in total. The molecule has 108 valence electrons. The topological polar surface area (TPSA) is 54.6 Å². The number of rotatable bonds is 3. The average Bonchev–Trinajstić information content (AvgIpc) is 2.85. The Morgan fingerprint density at radius 2 is 2.05 bits per heavy atom. The molecule has 0 aliphatic carbocycles. The van der Waals surface area contributed by atoms with Gasteiger partial charge in [-0.2, -0.15) is 0 Å². The number of aromatic nitrogens is 2. The van der Waals surface area contributed by atoms with Gasteiger partial charge in [0.05, 0.1) is 5.69 Å². The van der Waals surface area contributed by atoms with Crippen molar-refractivity contribution in [1.82, 2.24) is 9.38 Å². The molecule has 0 saturated carbocycles. The number of halogens is 1. The summed E-state index contributed by atoms with van der Waals surface area (Å²) in [6.45, 7) is 1.97. The van der Waals surface area contributed by atoms with Gasteiger partial charge in [-0.1, -0.05) is 25.1 Å². The molecule has 5 heteroatoms. The van der Waals surface area contributed by atoms with E-state index in [0.29, 0.717) is 17.7 Å². The Morgan fingerprint density at radius 1 is 1.24 bits per heavy atom. The van der Waals surface area contributed by atoms with Gasteiger partial charge in [0.25, 0.3) is 0 Å². The van der Waals surface area contributed by atoms with E-state index in [-0.39, 0.29) is 23.9 Å². The third-order valence-electron chi connectivity index (χ3n) is 3.26. The van der Waals surface area contributed by atoms with Gasteiger partial charge < -0.3 is 5.11 Å². The second kappa shape index (κ2) is 5.97. The molecule has 0 aliphatic heterocycles. The van der Waals surface area contributed by atoms with Crippen LogP contribution in [0.25, 0.3) is 5.65 Å². The zero-order valence-electron chi connectivity index (χ0n) is 11.5. The fourth-order valence-electron chi connectivity index (χ4n) is 2.32. The third kappa shape index (κ3) is 2.62. The lowest BCUT2D eigenvalue weighted by molar-refractivity contribution is 0.103. The lowest BCUT2D eigenvalue weighted by atomic mass is 10.1. The highest BCUT2D eigenvalue weighted by Crippen LogP contribution is 2.20. The summed E-state index contributed by atoms with van der Waals surface area (Å²) in [5, 5.41) is 9.52. The average molecular weight is 303 g/mol. The van der Waals surface area contributed by atoms with Crippen molar-refractivity contribution in [3.05, 3.63) is 65.6 Å². The van der Waals surface area contributed by atoms with Crippen LogP contribution in [0.3, 0.4) is 0 Å². The van der Waals surface area contributed by atoms with E-state index >= 15 is 0 Å². The van der Waals surface area contributed by atoms with Gasteiger partial charge in [0.2, 0.25) is 5.78 Å². The van der Waals surface area contributed by atoms with Crippen LogP contribution in [-0.4, -0.2) is 20.3 Å². The molecular formula is C16H15ClN2O2. The Balaban J connectivity index is 0.00000161. The van der Waals surface area contributed by atoms with Gasteiger partial charge in [0, 0.05) is 11.8 Å². The highest BCUT2D eigenvalue weighted by Gasteiger charge is 2.19. The number of benzene rings is 1.